The second-order valence-electron chi connectivity index (χ2n) is 5.10. The molecule has 0 unspecified atom stereocenters. The van der Waals surface area contributed by atoms with Crippen molar-refractivity contribution in [1.82, 2.24) is 15.1 Å². The molecule has 1 aliphatic rings. The molecule has 1 aliphatic heterocycles. The van der Waals surface area contributed by atoms with Gasteiger partial charge < -0.3 is 15.1 Å². The van der Waals surface area contributed by atoms with Crippen molar-refractivity contribution in [3.63, 3.8) is 0 Å². The van der Waals surface area contributed by atoms with Crippen molar-refractivity contribution in [2.24, 2.45) is 0 Å². The van der Waals surface area contributed by atoms with Gasteiger partial charge in [0.1, 0.15) is 11.9 Å². The zero-order valence-electron chi connectivity index (χ0n) is 12.5. The molecule has 1 aromatic carbocycles. The first-order valence-corrected chi connectivity index (χ1v) is 6.97. The maximum atomic E-state index is 12.9. The molecule has 3 amide bonds. The van der Waals surface area contributed by atoms with Gasteiger partial charge in [0.15, 0.2) is 0 Å². The van der Waals surface area contributed by atoms with Crippen molar-refractivity contribution in [2.75, 3.05) is 26.7 Å². The lowest BCUT2D eigenvalue weighted by atomic mass is 10.1. The van der Waals surface area contributed by atoms with Gasteiger partial charge in [-0.2, -0.15) is 0 Å². The molecule has 0 bridgehead atoms. The summed E-state index contributed by atoms with van der Waals surface area (Å²) < 4.78 is 12.9. The number of halogens is 1. The Kier molecular flexibility index (Phi) is 4.75. The van der Waals surface area contributed by atoms with E-state index in [9.17, 15) is 18.8 Å². The van der Waals surface area contributed by atoms with Gasteiger partial charge in [-0.15, -0.1) is 0 Å². The fourth-order valence-corrected chi connectivity index (χ4v) is 2.51. The smallest absolute Gasteiger partial charge is 0.254 e. The van der Waals surface area contributed by atoms with Gasteiger partial charge in [0.05, 0.1) is 6.54 Å². The lowest BCUT2D eigenvalue weighted by molar-refractivity contribution is -0.141. The summed E-state index contributed by atoms with van der Waals surface area (Å²) in [5.41, 5.74) is 0.355. The van der Waals surface area contributed by atoms with E-state index in [0.29, 0.717) is 18.7 Å². The number of likely N-dealkylation sites (N-methyl/N-ethyl adjacent to an activating group) is 1. The monoisotopic (exact) mass is 307 g/mol. The Morgan fingerprint density at radius 1 is 1.18 bits per heavy atom. The predicted octanol–water partition coefficient (Wildman–Crippen LogP) is 0.245. The van der Waals surface area contributed by atoms with Crippen molar-refractivity contribution in [3.05, 3.63) is 35.6 Å². The number of piperazine rings is 1. The number of amides is 3. The lowest BCUT2D eigenvalue weighted by Gasteiger charge is -2.40. The molecular weight excluding hydrogens is 289 g/mol. The van der Waals surface area contributed by atoms with Gasteiger partial charge >= 0.3 is 0 Å². The summed E-state index contributed by atoms with van der Waals surface area (Å²) in [5, 5.41) is 2.51. The summed E-state index contributed by atoms with van der Waals surface area (Å²) >= 11 is 0. The molecule has 118 valence electrons. The van der Waals surface area contributed by atoms with Crippen molar-refractivity contribution >= 4 is 17.7 Å². The Labute approximate surface area is 127 Å². The third-order valence-electron chi connectivity index (χ3n) is 3.71. The van der Waals surface area contributed by atoms with E-state index < -0.39 is 11.9 Å². The van der Waals surface area contributed by atoms with Crippen LogP contribution >= 0.6 is 0 Å². The lowest BCUT2D eigenvalue weighted by Crippen LogP contribution is -2.60. The highest BCUT2D eigenvalue weighted by molar-refractivity contribution is 5.95. The number of hydrogen-bond acceptors (Lipinski definition) is 3. The molecule has 7 heteroatoms. The van der Waals surface area contributed by atoms with Crippen LogP contribution < -0.4 is 5.32 Å². The van der Waals surface area contributed by atoms with Crippen LogP contribution in [0, 0.1) is 5.82 Å². The number of hydrogen-bond donors (Lipinski definition) is 1. The maximum absolute atomic E-state index is 12.9. The van der Waals surface area contributed by atoms with E-state index in [2.05, 4.69) is 5.32 Å². The molecule has 0 aromatic heterocycles. The van der Waals surface area contributed by atoms with E-state index in [1.165, 1.54) is 48.0 Å². The first kappa shape index (κ1) is 15.9. The molecule has 1 aromatic rings. The normalized spacial score (nSPS) is 18.0. The Morgan fingerprint density at radius 3 is 2.36 bits per heavy atom. The minimum atomic E-state index is -0.708. The highest BCUT2D eigenvalue weighted by atomic mass is 19.1. The molecule has 0 saturated carbocycles. The fraction of sp³-hybridized carbons (Fsp3) is 0.400. The molecule has 1 fully saturated rings. The van der Waals surface area contributed by atoms with Gasteiger partial charge in [-0.3, -0.25) is 14.4 Å². The summed E-state index contributed by atoms with van der Waals surface area (Å²) in [5.74, 6) is -1.22. The summed E-state index contributed by atoms with van der Waals surface area (Å²) in [6.07, 6.45) is 0. The molecule has 1 heterocycles. The van der Waals surface area contributed by atoms with E-state index in [-0.39, 0.29) is 24.3 Å². The minimum absolute atomic E-state index is 0.120. The topological polar surface area (TPSA) is 69.7 Å². The number of nitrogens with one attached hydrogen (secondary N) is 1. The Hall–Kier alpha value is -2.44. The third-order valence-corrected chi connectivity index (χ3v) is 3.71. The van der Waals surface area contributed by atoms with Crippen LogP contribution in [0.4, 0.5) is 4.39 Å². The molecule has 0 spiro atoms. The van der Waals surface area contributed by atoms with E-state index >= 15 is 0 Å². The van der Waals surface area contributed by atoms with Crippen LogP contribution in [0.3, 0.4) is 0 Å². The van der Waals surface area contributed by atoms with Crippen molar-refractivity contribution in [1.29, 1.82) is 0 Å². The summed E-state index contributed by atoms with van der Waals surface area (Å²) in [6.45, 7) is 2.15. The van der Waals surface area contributed by atoms with Crippen LogP contribution in [0.25, 0.3) is 0 Å². The highest BCUT2D eigenvalue weighted by Crippen LogP contribution is 2.14. The minimum Gasteiger partial charge on any atom is -0.357 e. The van der Waals surface area contributed by atoms with Crippen LogP contribution in [0.15, 0.2) is 24.3 Å². The van der Waals surface area contributed by atoms with Gasteiger partial charge in [-0.05, 0) is 24.3 Å². The molecule has 0 aliphatic carbocycles. The molecule has 1 atom stereocenters. The van der Waals surface area contributed by atoms with Gasteiger partial charge in [0.25, 0.3) is 5.91 Å². The Morgan fingerprint density at radius 2 is 1.82 bits per heavy atom. The second-order valence-corrected chi connectivity index (χ2v) is 5.10. The molecule has 22 heavy (non-hydrogen) atoms. The van der Waals surface area contributed by atoms with Crippen molar-refractivity contribution in [2.45, 2.75) is 13.0 Å². The van der Waals surface area contributed by atoms with E-state index in [4.69, 9.17) is 0 Å². The van der Waals surface area contributed by atoms with Gasteiger partial charge in [-0.1, -0.05) is 0 Å². The average molecular weight is 307 g/mol. The summed E-state index contributed by atoms with van der Waals surface area (Å²) in [4.78, 5) is 38.9. The number of carbonyl (C=O) groups is 3. The van der Waals surface area contributed by atoms with Crippen LogP contribution in [0.5, 0.6) is 0 Å². The average Bonchev–Trinajstić information content (AvgIpc) is 2.53. The molecular formula is C15H18FN3O3. The maximum Gasteiger partial charge on any atom is 0.254 e. The quantitative estimate of drug-likeness (QED) is 0.851. The second kappa shape index (κ2) is 6.55. The molecule has 0 radical (unpaired) electrons. The van der Waals surface area contributed by atoms with Crippen LogP contribution in [-0.2, 0) is 9.59 Å². The number of rotatable bonds is 2. The first-order chi connectivity index (χ1) is 10.4. The van der Waals surface area contributed by atoms with Gasteiger partial charge in [-0.25, -0.2) is 4.39 Å². The molecule has 6 nitrogen and oxygen atoms in total. The predicted molar refractivity (Wildman–Crippen MR) is 77.5 cm³/mol. The van der Waals surface area contributed by atoms with Crippen LogP contribution in [0.2, 0.25) is 0 Å². The molecule has 2 rings (SSSR count). The third kappa shape index (κ3) is 3.24. The summed E-state index contributed by atoms with van der Waals surface area (Å²) in [7, 11) is 1.49. The van der Waals surface area contributed by atoms with E-state index in [0.717, 1.165) is 0 Å². The fourth-order valence-electron chi connectivity index (χ4n) is 2.51. The SMILES string of the molecule is CNC(=O)[C@@H]1CN(C(=O)c2ccc(F)cc2)CCN1C(C)=O. The number of benzene rings is 1. The van der Waals surface area contributed by atoms with Crippen LogP contribution in [-0.4, -0.2) is 60.2 Å². The summed E-state index contributed by atoms with van der Waals surface area (Å²) in [6, 6.07) is 4.54. The van der Waals surface area contributed by atoms with E-state index in [1.807, 2.05) is 0 Å². The highest BCUT2D eigenvalue weighted by Gasteiger charge is 2.35. The standard InChI is InChI=1S/C15H18FN3O3/c1-10(20)19-8-7-18(9-13(19)14(21)17-2)15(22)11-3-5-12(16)6-4-11/h3-6,13H,7-9H2,1-2H3,(H,17,21)/t13-/m0/s1. The van der Waals surface area contributed by atoms with Gasteiger partial charge in [0, 0.05) is 32.6 Å². The number of nitrogens with zero attached hydrogens (tertiary/aromatic N) is 2. The molecule has 1 saturated heterocycles. The Bertz CT molecular complexity index is 588. The van der Waals surface area contributed by atoms with Gasteiger partial charge in [0.2, 0.25) is 11.8 Å². The van der Waals surface area contributed by atoms with E-state index in [1.54, 1.807) is 0 Å². The largest absolute Gasteiger partial charge is 0.357 e. The molecule has 1 N–H and O–H groups in total. The zero-order chi connectivity index (χ0) is 16.3. The Balaban J connectivity index is 2.16. The zero-order valence-corrected chi connectivity index (χ0v) is 12.5. The van der Waals surface area contributed by atoms with Crippen LogP contribution in [0.1, 0.15) is 17.3 Å². The number of carbonyl (C=O) groups excluding carboxylic acids is 3. The first-order valence-electron chi connectivity index (χ1n) is 6.97. The van der Waals surface area contributed by atoms with Crippen molar-refractivity contribution < 1.29 is 18.8 Å². The van der Waals surface area contributed by atoms with Crippen molar-refractivity contribution in [3.8, 4) is 0 Å².